The van der Waals surface area contributed by atoms with Gasteiger partial charge in [0.2, 0.25) is 0 Å². The number of methoxy groups -OCH3 is 2. The van der Waals surface area contributed by atoms with Crippen LogP contribution < -0.4 is 9.47 Å². The molecular formula is C20H20BrN3O3S. The molecule has 0 saturated carbocycles. The molecule has 0 radical (unpaired) electrons. The number of aromatic nitrogens is 3. The minimum absolute atomic E-state index is 0.0488. The molecule has 0 amide bonds. The molecule has 3 aromatic rings. The number of carbonyl (C=O) groups is 1. The molecule has 0 saturated heterocycles. The number of hydrogen-bond acceptors (Lipinski definition) is 6. The van der Waals surface area contributed by atoms with Crippen molar-refractivity contribution in [3.05, 3.63) is 52.5 Å². The summed E-state index contributed by atoms with van der Waals surface area (Å²) in [6.07, 6.45) is 0. The van der Waals surface area contributed by atoms with Crippen molar-refractivity contribution in [2.45, 2.75) is 18.6 Å². The largest absolute Gasteiger partial charge is 0.497 e. The molecule has 8 heteroatoms. The molecule has 6 nitrogen and oxygen atoms in total. The normalized spacial score (nSPS) is 10.7. The standard InChI is InChI=1S/C20H20BrN3O3S/c1-4-24-19(14-9-16(26-2)11-17(10-14)27-3)22-23-20(24)28-12-18(25)13-5-7-15(21)8-6-13/h5-11H,4,12H2,1-3H3. The summed E-state index contributed by atoms with van der Waals surface area (Å²) in [5.74, 6) is 2.41. The lowest BCUT2D eigenvalue weighted by atomic mass is 10.2. The van der Waals surface area contributed by atoms with Crippen LogP contribution >= 0.6 is 27.7 Å². The topological polar surface area (TPSA) is 66.2 Å². The van der Waals surface area contributed by atoms with Gasteiger partial charge in [-0.2, -0.15) is 0 Å². The zero-order chi connectivity index (χ0) is 20.1. The van der Waals surface area contributed by atoms with Gasteiger partial charge in [0, 0.05) is 28.2 Å². The molecule has 0 atom stereocenters. The molecule has 1 heterocycles. The molecule has 0 fully saturated rings. The molecule has 0 unspecified atom stereocenters. The highest BCUT2D eigenvalue weighted by Crippen LogP contribution is 2.31. The Kier molecular flexibility index (Phi) is 6.74. The van der Waals surface area contributed by atoms with Gasteiger partial charge in [-0.3, -0.25) is 4.79 Å². The Morgan fingerprint density at radius 3 is 2.29 bits per heavy atom. The van der Waals surface area contributed by atoms with Gasteiger partial charge in [0.05, 0.1) is 20.0 Å². The van der Waals surface area contributed by atoms with Gasteiger partial charge < -0.3 is 14.0 Å². The van der Waals surface area contributed by atoms with E-state index in [9.17, 15) is 4.79 Å². The second-order valence-electron chi connectivity index (χ2n) is 5.87. The number of halogens is 1. The van der Waals surface area contributed by atoms with Gasteiger partial charge in [-0.25, -0.2) is 0 Å². The zero-order valence-electron chi connectivity index (χ0n) is 15.8. The number of carbonyl (C=O) groups excluding carboxylic acids is 1. The van der Waals surface area contributed by atoms with Crippen molar-refractivity contribution in [3.8, 4) is 22.9 Å². The Bertz CT molecular complexity index is 951. The van der Waals surface area contributed by atoms with Gasteiger partial charge in [-0.05, 0) is 31.2 Å². The zero-order valence-corrected chi connectivity index (χ0v) is 18.2. The molecule has 0 aliphatic rings. The number of Topliss-reactive ketones (excluding diaryl/α,β-unsaturated/α-hetero) is 1. The van der Waals surface area contributed by atoms with Crippen LogP contribution in [0.25, 0.3) is 11.4 Å². The van der Waals surface area contributed by atoms with Gasteiger partial charge in [-0.15, -0.1) is 10.2 Å². The Morgan fingerprint density at radius 2 is 1.71 bits per heavy atom. The van der Waals surface area contributed by atoms with E-state index in [1.807, 2.05) is 54.0 Å². The fraction of sp³-hybridized carbons (Fsp3) is 0.250. The number of hydrogen-bond donors (Lipinski definition) is 0. The van der Waals surface area contributed by atoms with Crippen molar-refractivity contribution in [1.29, 1.82) is 0 Å². The second kappa shape index (κ2) is 9.25. The Morgan fingerprint density at radius 1 is 1.07 bits per heavy atom. The number of ketones is 1. The molecule has 146 valence electrons. The van der Waals surface area contributed by atoms with Gasteiger partial charge in [0.1, 0.15) is 11.5 Å². The van der Waals surface area contributed by atoms with Crippen LogP contribution in [-0.2, 0) is 6.54 Å². The molecule has 1 aromatic heterocycles. The van der Waals surface area contributed by atoms with Crippen LogP contribution in [-0.4, -0.2) is 40.5 Å². The highest BCUT2D eigenvalue weighted by atomic mass is 79.9. The van der Waals surface area contributed by atoms with Crippen molar-refractivity contribution in [1.82, 2.24) is 14.8 Å². The van der Waals surface area contributed by atoms with Crippen LogP contribution in [0.15, 0.2) is 52.1 Å². The fourth-order valence-electron chi connectivity index (χ4n) is 2.68. The van der Waals surface area contributed by atoms with E-state index >= 15 is 0 Å². The number of ether oxygens (including phenoxy) is 2. The predicted octanol–water partition coefficient (Wildman–Crippen LogP) is 4.72. The van der Waals surface area contributed by atoms with E-state index in [4.69, 9.17) is 9.47 Å². The summed E-state index contributed by atoms with van der Waals surface area (Å²) in [6.45, 7) is 2.70. The number of rotatable bonds is 8. The van der Waals surface area contributed by atoms with Crippen molar-refractivity contribution in [2.75, 3.05) is 20.0 Å². The van der Waals surface area contributed by atoms with Crippen molar-refractivity contribution in [3.63, 3.8) is 0 Å². The summed E-state index contributed by atoms with van der Waals surface area (Å²) in [7, 11) is 3.22. The summed E-state index contributed by atoms with van der Waals surface area (Å²) in [4.78, 5) is 12.4. The number of nitrogens with zero attached hydrogens (tertiary/aromatic N) is 3. The van der Waals surface area contributed by atoms with E-state index in [0.29, 0.717) is 40.3 Å². The fourth-order valence-corrected chi connectivity index (χ4v) is 3.84. The van der Waals surface area contributed by atoms with Crippen molar-refractivity contribution < 1.29 is 14.3 Å². The van der Waals surface area contributed by atoms with Crippen LogP contribution in [0.2, 0.25) is 0 Å². The first kappa shape index (κ1) is 20.4. The van der Waals surface area contributed by atoms with Gasteiger partial charge in [-0.1, -0.05) is 39.8 Å². The van der Waals surface area contributed by atoms with E-state index < -0.39 is 0 Å². The lowest BCUT2D eigenvalue weighted by Crippen LogP contribution is -2.05. The SMILES string of the molecule is CCn1c(SCC(=O)c2ccc(Br)cc2)nnc1-c1cc(OC)cc(OC)c1. The minimum atomic E-state index is 0.0488. The summed E-state index contributed by atoms with van der Waals surface area (Å²) >= 11 is 4.76. The molecule has 3 rings (SSSR count). The van der Waals surface area contributed by atoms with Crippen LogP contribution in [0.3, 0.4) is 0 Å². The van der Waals surface area contributed by atoms with E-state index in [2.05, 4.69) is 26.1 Å². The van der Waals surface area contributed by atoms with Gasteiger partial charge in [0.25, 0.3) is 0 Å². The molecule has 28 heavy (non-hydrogen) atoms. The summed E-state index contributed by atoms with van der Waals surface area (Å²) in [5.41, 5.74) is 1.52. The molecule has 0 aliphatic heterocycles. The number of thioether (sulfide) groups is 1. The van der Waals surface area contributed by atoms with Crippen LogP contribution in [0.1, 0.15) is 17.3 Å². The van der Waals surface area contributed by atoms with Crippen LogP contribution in [0, 0.1) is 0 Å². The maximum absolute atomic E-state index is 12.4. The highest BCUT2D eigenvalue weighted by Gasteiger charge is 2.16. The monoisotopic (exact) mass is 461 g/mol. The lowest BCUT2D eigenvalue weighted by molar-refractivity contribution is 0.102. The van der Waals surface area contributed by atoms with Gasteiger partial charge in [0.15, 0.2) is 16.8 Å². The maximum atomic E-state index is 12.4. The molecular weight excluding hydrogens is 442 g/mol. The van der Waals surface area contributed by atoms with Crippen LogP contribution in [0.4, 0.5) is 0 Å². The second-order valence-corrected chi connectivity index (χ2v) is 7.73. The molecule has 0 aliphatic carbocycles. The minimum Gasteiger partial charge on any atom is -0.497 e. The van der Waals surface area contributed by atoms with Gasteiger partial charge >= 0.3 is 0 Å². The van der Waals surface area contributed by atoms with E-state index in [1.54, 1.807) is 14.2 Å². The Hall–Kier alpha value is -2.32. The van der Waals surface area contributed by atoms with Crippen molar-refractivity contribution in [2.24, 2.45) is 0 Å². The average molecular weight is 462 g/mol. The summed E-state index contributed by atoms with van der Waals surface area (Å²) in [6, 6.07) is 12.9. The first-order valence-electron chi connectivity index (χ1n) is 8.64. The highest BCUT2D eigenvalue weighted by molar-refractivity contribution is 9.10. The third kappa shape index (κ3) is 4.56. The molecule has 0 spiro atoms. The Balaban J connectivity index is 1.82. The van der Waals surface area contributed by atoms with Crippen molar-refractivity contribution >= 4 is 33.5 Å². The van der Waals surface area contributed by atoms with Crippen LogP contribution in [0.5, 0.6) is 11.5 Å². The Labute approximate surface area is 176 Å². The summed E-state index contributed by atoms with van der Waals surface area (Å²) < 4.78 is 13.6. The quantitative estimate of drug-likeness (QED) is 0.357. The molecule has 0 bridgehead atoms. The third-order valence-electron chi connectivity index (χ3n) is 4.14. The number of benzene rings is 2. The molecule has 0 N–H and O–H groups in total. The lowest BCUT2D eigenvalue weighted by Gasteiger charge is -2.10. The summed E-state index contributed by atoms with van der Waals surface area (Å²) in [5, 5.41) is 9.32. The molecule has 2 aromatic carbocycles. The predicted molar refractivity (Wildman–Crippen MR) is 113 cm³/mol. The van der Waals surface area contributed by atoms with E-state index in [1.165, 1.54) is 11.8 Å². The maximum Gasteiger partial charge on any atom is 0.191 e. The average Bonchev–Trinajstić information content (AvgIpc) is 3.15. The van der Waals surface area contributed by atoms with E-state index in [0.717, 1.165) is 10.0 Å². The third-order valence-corrected chi connectivity index (χ3v) is 5.64. The first-order chi connectivity index (χ1) is 13.5. The first-order valence-corrected chi connectivity index (χ1v) is 10.4. The smallest absolute Gasteiger partial charge is 0.191 e. The van der Waals surface area contributed by atoms with E-state index in [-0.39, 0.29) is 5.78 Å².